The Kier molecular flexibility index (Phi) is 4.99. The maximum Gasteiger partial charge on any atom is 0.412 e. The molecular formula is C13H23NO6. The van der Waals surface area contributed by atoms with Gasteiger partial charge in [0.05, 0.1) is 19.3 Å². The predicted octanol–water partition coefficient (Wildman–Crippen LogP) is 1.20. The number of aliphatic hydroxyl groups excluding tert-OH is 1. The zero-order valence-corrected chi connectivity index (χ0v) is 12.4. The zero-order chi connectivity index (χ0) is 15.6. The summed E-state index contributed by atoms with van der Waals surface area (Å²) in [6.07, 6.45) is -0.603. The second-order valence-electron chi connectivity index (χ2n) is 6.07. The van der Waals surface area contributed by atoms with Crippen LogP contribution in [0.4, 0.5) is 4.79 Å². The van der Waals surface area contributed by atoms with E-state index in [1.807, 2.05) is 0 Å². The monoisotopic (exact) mass is 289 g/mol. The van der Waals surface area contributed by atoms with Crippen LogP contribution in [-0.2, 0) is 14.3 Å². The summed E-state index contributed by atoms with van der Waals surface area (Å²) < 4.78 is 10.8. The van der Waals surface area contributed by atoms with Gasteiger partial charge < -0.3 is 19.7 Å². The number of aliphatic hydroxyl groups is 1. The first-order valence-corrected chi connectivity index (χ1v) is 6.58. The van der Waals surface area contributed by atoms with Crippen LogP contribution < -0.4 is 0 Å². The smallest absolute Gasteiger partial charge is 0.412 e. The number of rotatable bonds is 4. The minimum Gasteiger partial charge on any atom is -0.481 e. The Morgan fingerprint density at radius 3 is 2.50 bits per heavy atom. The van der Waals surface area contributed by atoms with E-state index >= 15 is 0 Å². The first kappa shape index (κ1) is 16.7. The number of carbonyl (C=O) groups excluding carboxylic acids is 1. The van der Waals surface area contributed by atoms with E-state index in [4.69, 9.17) is 14.6 Å². The summed E-state index contributed by atoms with van der Waals surface area (Å²) in [5, 5.41) is 18.1. The van der Waals surface area contributed by atoms with Crippen LogP contribution in [0.5, 0.6) is 0 Å². The van der Waals surface area contributed by atoms with E-state index in [-0.39, 0.29) is 26.1 Å². The number of hydrogen-bond acceptors (Lipinski definition) is 5. The number of carboxylic acids is 1. The highest BCUT2D eigenvalue weighted by Crippen LogP contribution is 2.33. The lowest BCUT2D eigenvalue weighted by atomic mass is 10.1. The predicted molar refractivity (Wildman–Crippen MR) is 70.2 cm³/mol. The zero-order valence-electron chi connectivity index (χ0n) is 12.4. The van der Waals surface area contributed by atoms with Gasteiger partial charge in [-0.2, -0.15) is 0 Å². The Bertz CT molecular complexity index is 378. The van der Waals surface area contributed by atoms with Gasteiger partial charge in [0.2, 0.25) is 0 Å². The summed E-state index contributed by atoms with van der Waals surface area (Å²) in [5.74, 6) is -0.966. The van der Waals surface area contributed by atoms with Crippen molar-refractivity contribution in [3.63, 3.8) is 0 Å². The standard InChI is InChI=1S/C13H23NO6/c1-12(2,3)20-11(18)14-9(7-15)8-19-13(14,4)6-5-10(16)17/h9,15H,5-8H2,1-4H3,(H,16,17)/t9-,13?/m1/s1. The average molecular weight is 289 g/mol. The molecule has 1 aliphatic heterocycles. The molecule has 1 unspecified atom stereocenters. The molecular weight excluding hydrogens is 266 g/mol. The molecule has 1 rings (SSSR count). The summed E-state index contributed by atoms with van der Waals surface area (Å²) in [7, 11) is 0. The molecule has 1 amide bonds. The minimum atomic E-state index is -1.08. The number of amides is 1. The van der Waals surface area contributed by atoms with E-state index in [0.29, 0.717) is 0 Å². The lowest BCUT2D eigenvalue weighted by Crippen LogP contribution is -2.52. The highest BCUT2D eigenvalue weighted by molar-refractivity contribution is 5.70. The fraction of sp³-hybridized carbons (Fsp3) is 0.846. The third-order valence-electron chi connectivity index (χ3n) is 3.07. The molecule has 7 nitrogen and oxygen atoms in total. The normalized spacial score (nSPS) is 26.6. The lowest BCUT2D eigenvalue weighted by molar-refractivity contribution is -0.140. The van der Waals surface area contributed by atoms with Crippen molar-refractivity contribution >= 4 is 12.1 Å². The fourth-order valence-corrected chi connectivity index (χ4v) is 2.13. The third kappa shape index (κ3) is 4.08. The molecule has 1 saturated heterocycles. The molecule has 0 bridgehead atoms. The average Bonchev–Trinajstić information content (AvgIpc) is 2.62. The number of ether oxygens (including phenoxy) is 2. The van der Waals surface area contributed by atoms with Crippen LogP contribution >= 0.6 is 0 Å². The van der Waals surface area contributed by atoms with Crippen LogP contribution in [-0.4, -0.2) is 57.8 Å². The van der Waals surface area contributed by atoms with Crippen molar-refractivity contribution in [3.05, 3.63) is 0 Å². The number of hydrogen-bond donors (Lipinski definition) is 2. The SMILES string of the molecule is CC(C)(C)OC(=O)N1[C@H](CO)COC1(C)CCC(=O)O. The van der Waals surface area contributed by atoms with Gasteiger partial charge in [0.25, 0.3) is 0 Å². The van der Waals surface area contributed by atoms with Crippen molar-refractivity contribution in [2.45, 2.75) is 57.9 Å². The molecule has 20 heavy (non-hydrogen) atoms. The highest BCUT2D eigenvalue weighted by Gasteiger charge is 2.48. The van der Waals surface area contributed by atoms with Crippen molar-refractivity contribution in [1.29, 1.82) is 0 Å². The number of carbonyl (C=O) groups is 2. The summed E-state index contributed by atoms with van der Waals surface area (Å²) in [6.45, 7) is 6.75. The fourth-order valence-electron chi connectivity index (χ4n) is 2.13. The molecule has 1 aliphatic rings. The van der Waals surface area contributed by atoms with E-state index in [2.05, 4.69) is 0 Å². The van der Waals surface area contributed by atoms with E-state index in [9.17, 15) is 14.7 Å². The van der Waals surface area contributed by atoms with Gasteiger partial charge in [-0.3, -0.25) is 9.69 Å². The second-order valence-corrected chi connectivity index (χ2v) is 6.07. The molecule has 0 radical (unpaired) electrons. The summed E-state index contributed by atoms with van der Waals surface area (Å²) in [4.78, 5) is 24.3. The Hall–Kier alpha value is -1.34. The van der Waals surface area contributed by atoms with Gasteiger partial charge in [-0.1, -0.05) is 0 Å². The molecule has 0 aromatic heterocycles. The van der Waals surface area contributed by atoms with Crippen LogP contribution in [0.3, 0.4) is 0 Å². The summed E-state index contributed by atoms with van der Waals surface area (Å²) >= 11 is 0. The molecule has 0 aromatic rings. The maximum atomic E-state index is 12.3. The van der Waals surface area contributed by atoms with Crippen LogP contribution in [0.2, 0.25) is 0 Å². The van der Waals surface area contributed by atoms with Crippen molar-refractivity contribution in [3.8, 4) is 0 Å². The Labute approximate surface area is 118 Å². The highest BCUT2D eigenvalue weighted by atomic mass is 16.6. The molecule has 7 heteroatoms. The molecule has 2 N–H and O–H groups in total. The van der Waals surface area contributed by atoms with Crippen molar-refractivity contribution in [2.24, 2.45) is 0 Å². The van der Waals surface area contributed by atoms with E-state index in [1.165, 1.54) is 4.90 Å². The maximum absolute atomic E-state index is 12.3. The van der Waals surface area contributed by atoms with E-state index in [0.717, 1.165) is 0 Å². The number of aliphatic carboxylic acids is 1. The Morgan fingerprint density at radius 1 is 1.45 bits per heavy atom. The lowest BCUT2D eigenvalue weighted by Gasteiger charge is -2.36. The number of carboxylic acid groups (broad SMARTS) is 1. The molecule has 1 heterocycles. The topological polar surface area (TPSA) is 96.3 Å². The van der Waals surface area contributed by atoms with Gasteiger partial charge in [0.15, 0.2) is 0 Å². The van der Waals surface area contributed by atoms with Crippen molar-refractivity contribution in [1.82, 2.24) is 4.90 Å². The molecule has 1 fully saturated rings. The molecule has 0 aromatic carbocycles. The third-order valence-corrected chi connectivity index (χ3v) is 3.07. The van der Waals surface area contributed by atoms with Gasteiger partial charge in [-0.15, -0.1) is 0 Å². The van der Waals surface area contributed by atoms with E-state index in [1.54, 1.807) is 27.7 Å². The quantitative estimate of drug-likeness (QED) is 0.807. The van der Waals surface area contributed by atoms with Gasteiger partial charge in [0.1, 0.15) is 11.3 Å². The molecule has 2 atom stereocenters. The largest absolute Gasteiger partial charge is 0.481 e. The van der Waals surface area contributed by atoms with Crippen molar-refractivity contribution in [2.75, 3.05) is 13.2 Å². The van der Waals surface area contributed by atoms with Gasteiger partial charge >= 0.3 is 12.1 Å². The molecule has 0 spiro atoms. The molecule has 0 saturated carbocycles. The van der Waals surface area contributed by atoms with Gasteiger partial charge in [0, 0.05) is 12.8 Å². The van der Waals surface area contributed by atoms with Crippen LogP contribution in [0, 0.1) is 0 Å². The van der Waals surface area contributed by atoms with Gasteiger partial charge in [-0.05, 0) is 27.7 Å². The first-order chi connectivity index (χ1) is 9.09. The van der Waals surface area contributed by atoms with Crippen molar-refractivity contribution < 1.29 is 29.3 Å². The van der Waals surface area contributed by atoms with Gasteiger partial charge in [-0.25, -0.2) is 4.79 Å². The first-order valence-electron chi connectivity index (χ1n) is 6.58. The second kappa shape index (κ2) is 5.97. The van der Waals surface area contributed by atoms with Crippen LogP contribution in [0.15, 0.2) is 0 Å². The number of nitrogens with zero attached hydrogens (tertiary/aromatic N) is 1. The molecule has 116 valence electrons. The van der Waals surface area contributed by atoms with E-state index < -0.39 is 29.4 Å². The Morgan fingerprint density at radius 2 is 2.05 bits per heavy atom. The minimum absolute atomic E-state index is 0.131. The Balaban J connectivity index is 2.88. The summed E-state index contributed by atoms with van der Waals surface area (Å²) in [5.41, 5.74) is -1.75. The molecule has 0 aliphatic carbocycles. The van der Waals surface area contributed by atoms with Crippen LogP contribution in [0.1, 0.15) is 40.5 Å². The van der Waals surface area contributed by atoms with Crippen LogP contribution in [0.25, 0.3) is 0 Å². The summed E-state index contributed by atoms with van der Waals surface area (Å²) in [6, 6.07) is -0.524.